The highest BCUT2D eigenvalue weighted by atomic mass is 32.2. The summed E-state index contributed by atoms with van der Waals surface area (Å²) >= 11 is 0. The van der Waals surface area contributed by atoms with E-state index < -0.39 is 20.1 Å². The Morgan fingerprint density at radius 2 is 2.08 bits per heavy atom. The van der Waals surface area contributed by atoms with E-state index in [9.17, 15) is 8.42 Å². The first kappa shape index (κ1) is 18.7. The number of hydrogen-bond acceptors (Lipinski definition) is 6. The minimum Gasteiger partial charge on any atom is -0.386 e. The molecule has 1 saturated heterocycles. The van der Waals surface area contributed by atoms with Crippen molar-refractivity contribution in [3.63, 3.8) is 0 Å². The minimum atomic E-state index is -3.36. The molecule has 0 amide bonds. The molecule has 1 aromatic rings. The van der Waals surface area contributed by atoms with E-state index >= 15 is 0 Å². The van der Waals surface area contributed by atoms with Crippen LogP contribution in [0.5, 0.6) is 0 Å². The predicted octanol–water partition coefficient (Wildman–Crippen LogP) is 1.60. The van der Waals surface area contributed by atoms with Crippen LogP contribution in [0.25, 0.3) is 0 Å². The van der Waals surface area contributed by atoms with Crippen LogP contribution in [-0.2, 0) is 9.84 Å². The maximum atomic E-state index is 12.8. The summed E-state index contributed by atoms with van der Waals surface area (Å²) in [4.78, 5) is 11.3. The van der Waals surface area contributed by atoms with Crippen molar-refractivity contribution >= 4 is 21.5 Å². The molecule has 0 aromatic carbocycles. The standard InChI is InChI=1S/C19H26N4O2S/c1-5-6-14-7-9-21-16(11-14)23-10-8-15(12-23)19(4)13-26(24,25)18(2,3)17(20)22-19/h7,9,11,15H,8,10,12-13H2,1-4H3,(H2,20,22)/t15?,19-/m0/s1. The molecule has 2 aliphatic heterocycles. The first-order chi connectivity index (χ1) is 12.1. The second-order valence-electron chi connectivity index (χ2n) is 7.83. The summed E-state index contributed by atoms with van der Waals surface area (Å²) in [5, 5.41) is 0. The van der Waals surface area contributed by atoms with E-state index in [1.165, 1.54) is 0 Å². The van der Waals surface area contributed by atoms with Crippen molar-refractivity contribution in [1.29, 1.82) is 0 Å². The maximum Gasteiger partial charge on any atom is 0.165 e. The summed E-state index contributed by atoms with van der Waals surface area (Å²) in [6, 6.07) is 3.86. The van der Waals surface area contributed by atoms with E-state index in [0.29, 0.717) is 6.54 Å². The van der Waals surface area contributed by atoms with Crippen LogP contribution >= 0.6 is 0 Å². The topological polar surface area (TPSA) is 88.7 Å². The summed E-state index contributed by atoms with van der Waals surface area (Å²) in [6.07, 6.45) is 2.61. The zero-order valence-corrected chi connectivity index (χ0v) is 16.6. The molecular formula is C19H26N4O2S. The maximum absolute atomic E-state index is 12.8. The minimum absolute atomic E-state index is 0.0288. The van der Waals surface area contributed by atoms with Crippen LogP contribution in [0.15, 0.2) is 23.3 Å². The number of hydrogen-bond donors (Lipinski definition) is 1. The van der Waals surface area contributed by atoms with Crippen LogP contribution in [0, 0.1) is 17.8 Å². The van der Waals surface area contributed by atoms with Crippen LogP contribution in [0.3, 0.4) is 0 Å². The van der Waals surface area contributed by atoms with E-state index in [0.717, 1.165) is 24.3 Å². The van der Waals surface area contributed by atoms with E-state index in [-0.39, 0.29) is 17.5 Å². The monoisotopic (exact) mass is 374 g/mol. The van der Waals surface area contributed by atoms with Gasteiger partial charge in [-0.05, 0) is 46.2 Å². The second kappa shape index (κ2) is 6.27. The van der Waals surface area contributed by atoms with Gasteiger partial charge in [0.1, 0.15) is 16.4 Å². The zero-order valence-electron chi connectivity index (χ0n) is 15.8. The molecule has 0 bridgehead atoms. The van der Waals surface area contributed by atoms with Gasteiger partial charge in [0.25, 0.3) is 0 Å². The van der Waals surface area contributed by atoms with Crippen molar-refractivity contribution in [3.8, 4) is 11.8 Å². The molecule has 0 radical (unpaired) electrons. The Labute approximate surface area is 155 Å². The quantitative estimate of drug-likeness (QED) is 0.795. The number of nitrogens with two attached hydrogens (primary N) is 1. The molecule has 1 fully saturated rings. The predicted molar refractivity (Wildman–Crippen MR) is 105 cm³/mol. The molecule has 7 heteroatoms. The molecule has 6 nitrogen and oxygen atoms in total. The molecule has 0 aliphatic carbocycles. The number of nitrogens with zero attached hydrogens (tertiary/aromatic N) is 3. The molecule has 1 aromatic heterocycles. The van der Waals surface area contributed by atoms with Gasteiger partial charge in [0.15, 0.2) is 9.84 Å². The Morgan fingerprint density at radius 1 is 1.35 bits per heavy atom. The summed E-state index contributed by atoms with van der Waals surface area (Å²) in [7, 11) is -3.36. The fourth-order valence-electron chi connectivity index (χ4n) is 3.67. The lowest BCUT2D eigenvalue weighted by Gasteiger charge is -2.40. The highest BCUT2D eigenvalue weighted by Crippen LogP contribution is 2.39. The fourth-order valence-corrected chi connectivity index (χ4v) is 5.46. The summed E-state index contributed by atoms with van der Waals surface area (Å²) in [5.41, 5.74) is 6.29. The average Bonchev–Trinajstić information content (AvgIpc) is 3.04. The van der Waals surface area contributed by atoms with E-state index in [2.05, 4.69) is 26.7 Å². The van der Waals surface area contributed by atoms with Crippen LogP contribution in [-0.4, -0.2) is 48.4 Å². The fraction of sp³-hybridized carbons (Fsp3) is 0.579. The molecule has 3 heterocycles. The Kier molecular flexibility index (Phi) is 4.51. The van der Waals surface area contributed by atoms with Gasteiger partial charge >= 0.3 is 0 Å². The number of aliphatic imine (C=N–C) groups is 1. The van der Waals surface area contributed by atoms with E-state index in [1.807, 2.05) is 19.1 Å². The van der Waals surface area contributed by atoms with Crippen molar-refractivity contribution in [1.82, 2.24) is 4.98 Å². The van der Waals surface area contributed by atoms with Crippen LogP contribution in [0.2, 0.25) is 0 Å². The van der Waals surface area contributed by atoms with Gasteiger partial charge in [0, 0.05) is 30.8 Å². The number of rotatable bonds is 2. The number of aromatic nitrogens is 1. The molecule has 1 unspecified atom stereocenters. The van der Waals surface area contributed by atoms with Crippen molar-refractivity contribution in [2.24, 2.45) is 16.6 Å². The van der Waals surface area contributed by atoms with Crippen molar-refractivity contribution in [2.45, 2.75) is 44.4 Å². The first-order valence-electron chi connectivity index (χ1n) is 8.81. The van der Waals surface area contributed by atoms with E-state index in [4.69, 9.17) is 5.73 Å². The van der Waals surface area contributed by atoms with Crippen LogP contribution < -0.4 is 10.6 Å². The largest absolute Gasteiger partial charge is 0.386 e. The zero-order chi connectivity index (χ0) is 19.2. The van der Waals surface area contributed by atoms with Gasteiger partial charge in [-0.25, -0.2) is 13.4 Å². The summed E-state index contributed by atoms with van der Waals surface area (Å²) in [5.74, 6) is 7.15. The summed E-state index contributed by atoms with van der Waals surface area (Å²) < 4.78 is 24.4. The highest BCUT2D eigenvalue weighted by molar-refractivity contribution is 7.93. The Balaban J connectivity index is 1.86. The van der Waals surface area contributed by atoms with Crippen LogP contribution in [0.4, 0.5) is 5.82 Å². The SMILES string of the molecule is CC#Cc1ccnc(N2CCC([C@]3(C)CS(=O)(=O)C(C)(C)C(N)=N3)C2)c1. The molecule has 2 aliphatic rings. The molecule has 0 spiro atoms. The van der Waals surface area contributed by atoms with Gasteiger partial charge < -0.3 is 10.6 Å². The normalized spacial score (nSPS) is 29.6. The molecule has 3 rings (SSSR count). The van der Waals surface area contributed by atoms with Crippen molar-refractivity contribution in [3.05, 3.63) is 23.9 Å². The third-order valence-corrected chi connectivity index (χ3v) is 8.39. The second-order valence-corrected chi connectivity index (χ2v) is 10.4. The average molecular weight is 375 g/mol. The number of sulfone groups is 1. The Morgan fingerprint density at radius 3 is 2.73 bits per heavy atom. The summed E-state index contributed by atoms with van der Waals surface area (Å²) in [6.45, 7) is 8.50. The van der Waals surface area contributed by atoms with Gasteiger partial charge in [-0.3, -0.25) is 4.99 Å². The molecule has 26 heavy (non-hydrogen) atoms. The molecule has 2 N–H and O–H groups in total. The molecule has 0 saturated carbocycles. The third-order valence-electron chi connectivity index (χ3n) is 5.66. The lowest BCUT2D eigenvalue weighted by atomic mass is 9.86. The molecular weight excluding hydrogens is 348 g/mol. The smallest absolute Gasteiger partial charge is 0.165 e. The van der Waals surface area contributed by atoms with Gasteiger partial charge in [-0.2, -0.15) is 0 Å². The first-order valence-corrected chi connectivity index (χ1v) is 10.5. The van der Waals surface area contributed by atoms with Crippen LogP contribution in [0.1, 0.15) is 39.7 Å². The van der Waals surface area contributed by atoms with Gasteiger partial charge in [-0.1, -0.05) is 5.92 Å². The van der Waals surface area contributed by atoms with Crippen molar-refractivity contribution in [2.75, 3.05) is 23.7 Å². The molecule has 2 atom stereocenters. The van der Waals surface area contributed by atoms with Crippen molar-refractivity contribution < 1.29 is 8.42 Å². The van der Waals surface area contributed by atoms with E-state index in [1.54, 1.807) is 27.0 Å². The third kappa shape index (κ3) is 3.07. The lowest BCUT2D eigenvalue weighted by molar-refractivity contribution is 0.344. The van der Waals surface area contributed by atoms with Gasteiger partial charge in [0.05, 0.1) is 11.3 Å². The lowest BCUT2D eigenvalue weighted by Crippen LogP contribution is -2.58. The Hall–Kier alpha value is -2.07. The van der Waals surface area contributed by atoms with Gasteiger partial charge in [-0.15, -0.1) is 5.92 Å². The van der Waals surface area contributed by atoms with Gasteiger partial charge in [0.2, 0.25) is 0 Å². The Bertz CT molecular complexity index is 911. The highest BCUT2D eigenvalue weighted by Gasteiger charge is 2.51. The number of anilines is 1. The number of pyridine rings is 1. The molecule has 140 valence electrons. The number of amidine groups is 1.